The molecule has 6 heteroatoms. The largest absolute Gasteiger partial charge is 0.380 e. The molecule has 0 atom stereocenters. The molecule has 0 saturated carbocycles. The zero-order chi connectivity index (χ0) is 20.3. The van der Waals surface area contributed by atoms with Gasteiger partial charge in [0.1, 0.15) is 6.61 Å². The minimum Gasteiger partial charge on any atom is -0.380 e. The van der Waals surface area contributed by atoms with Crippen LogP contribution in [0.15, 0.2) is 54.6 Å². The number of benzene rings is 2. The van der Waals surface area contributed by atoms with Gasteiger partial charge < -0.3 is 19.3 Å². The van der Waals surface area contributed by atoms with Gasteiger partial charge in [-0.25, -0.2) is 0 Å². The Morgan fingerprint density at radius 2 is 1.76 bits per heavy atom. The second kappa shape index (κ2) is 8.35. The van der Waals surface area contributed by atoms with Crippen molar-refractivity contribution in [2.24, 2.45) is 0 Å². The van der Waals surface area contributed by atoms with Crippen LogP contribution in [-0.4, -0.2) is 55.7 Å². The molecule has 152 valence electrons. The number of carbonyl (C=O) groups excluding carboxylic acids is 2. The lowest BCUT2D eigenvalue weighted by Crippen LogP contribution is -2.59. The molecular formula is C23H26N2O4. The smallest absolute Gasteiger partial charge is 0.253 e. The highest BCUT2D eigenvalue weighted by atomic mass is 16.5. The summed E-state index contributed by atoms with van der Waals surface area (Å²) in [4.78, 5) is 28.9. The average molecular weight is 394 g/mol. The number of para-hydroxylation sites is 1. The summed E-state index contributed by atoms with van der Waals surface area (Å²) in [5.41, 5.74) is 2.24. The molecule has 2 saturated heterocycles. The van der Waals surface area contributed by atoms with Crippen LogP contribution in [0.5, 0.6) is 0 Å². The minimum absolute atomic E-state index is 0.0171. The highest BCUT2D eigenvalue weighted by Crippen LogP contribution is 2.33. The summed E-state index contributed by atoms with van der Waals surface area (Å²) in [7, 11) is 1.66. The number of methoxy groups -OCH3 is 1. The molecule has 29 heavy (non-hydrogen) atoms. The molecule has 1 spiro atoms. The van der Waals surface area contributed by atoms with E-state index >= 15 is 0 Å². The lowest BCUT2D eigenvalue weighted by atomic mass is 9.88. The van der Waals surface area contributed by atoms with E-state index in [1.807, 2.05) is 64.4 Å². The van der Waals surface area contributed by atoms with Crippen molar-refractivity contribution in [1.29, 1.82) is 0 Å². The van der Waals surface area contributed by atoms with E-state index in [4.69, 9.17) is 9.47 Å². The van der Waals surface area contributed by atoms with Crippen LogP contribution in [0.3, 0.4) is 0 Å². The Hall–Kier alpha value is -2.70. The zero-order valence-corrected chi connectivity index (χ0v) is 16.7. The number of carbonyl (C=O) groups is 2. The number of amides is 2. The zero-order valence-electron chi connectivity index (χ0n) is 16.7. The summed E-state index contributed by atoms with van der Waals surface area (Å²) in [6.45, 7) is 2.40. The van der Waals surface area contributed by atoms with Crippen molar-refractivity contribution in [3.8, 4) is 0 Å². The number of morpholine rings is 1. The Morgan fingerprint density at radius 1 is 1.07 bits per heavy atom. The second-order valence-electron chi connectivity index (χ2n) is 7.71. The van der Waals surface area contributed by atoms with Crippen LogP contribution >= 0.6 is 0 Å². The molecule has 4 rings (SSSR count). The minimum atomic E-state index is -0.386. The van der Waals surface area contributed by atoms with E-state index in [1.54, 1.807) is 7.11 Å². The first-order valence-corrected chi connectivity index (χ1v) is 9.97. The normalized spacial score (nSPS) is 18.9. The molecule has 0 unspecified atom stereocenters. The number of nitrogens with zero attached hydrogens (tertiary/aromatic N) is 2. The molecule has 2 aromatic rings. The van der Waals surface area contributed by atoms with Crippen LogP contribution in [0.2, 0.25) is 0 Å². The predicted molar refractivity (Wildman–Crippen MR) is 110 cm³/mol. The summed E-state index contributed by atoms with van der Waals surface area (Å²) in [6, 6.07) is 17.3. The quantitative estimate of drug-likeness (QED) is 0.800. The molecule has 2 fully saturated rings. The summed E-state index contributed by atoms with van der Waals surface area (Å²) >= 11 is 0. The Labute approximate surface area is 171 Å². The van der Waals surface area contributed by atoms with Gasteiger partial charge in [0, 0.05) is 31.5 Å². The number of piperidine rings is 1. The van der Waals surface area contributed by atoms with Gasteiger partial charge in [0.05, 0.1) is 18.8 Å². The maximum Gasteiger partial charge on any atom is 0.253 e. The van der Waals surface area contributed by atoms with Crippen LogP contribution in [-0.2, 0) is 20.9 Å². The Balaban J connectivity index is 1.40. The SMILES string of the molecule is COCc1ccc(C(=O)N2CCC3(CC2)CN(c2ccccc2)C(=O)CO3)cc1. The van der Waals surface area contributed by atoms with Gasteiger partial charge in [-0.3, -0.25) is 9.59 Å². The number of rotatable bonds is 4. The highest BCUT2D eigenvalue weighted by Gasteiger charge is 2.43. The van der Waals surface area contributed by atoms with Crippen LogP contribution in [0.25, 0.3) is 0 Å². The topological polar surface area (TPSA) is 59.1 Å². The lowest BCUT2D eigenvalue weighted by Gasteiger charge is -2.47. The van der Waals surface area contributed by atoms with Gasteiger partial charge in [-0.2, -0.15) is 0 Å². The third-order valence-electron chi connectivity index (χ3n) is 5.79. The first kappa shape index (κ1) is 19.6. The number of likely N-dealkylation sites (tertiary alicyclic amines) is 1. The standard InChI is InChI=1S/C23H26N2O4/c1-28-15-18-7-9-19(10-8-18)22(27)24-13-11-23(12-14-24)17-25(21(26)16-29-23)20-5-3-2-4-6-20/h2-10H,11-17H2,1H3. The molecular weight excluding hydrogens is 368 g/mol. The maximum atomic E-state index is 12.9. The second-order valence-corrected chi connectivity index (χ2v) is 7.71. The molecule has 0 aromatic heterocycles. The van der Waals surface area contributed by atoms with Crippen molar-refractivity contribution < 1.29 is 19.1 Å². The van der Waals surface area contributed by atoms with E-state index in [0.717, 1.165) is 24.1 Å². The number of hydrogen-bond donors (Lipinski definition) is 0. The summed E-state index contributed by atoms with van der Waals surface area (Å²) < 4.78 is 11.1. The number of anilines is 1. The average Bonchev–Trinajstić information content (AvgIpc) is 2.77. The van der Waals surface area contributed by atoms with Crippen molar-refractivity contribution in [2.75, 3.05) is 38.3 Å². The number of ether oxygens (including phenoxy) is 2. The third kappa shape index (κ3) is 4.18. The van der Waals surface area contributed by atoms with Crippen molar-refractivity contribution in [2.45, 2.75) is 25.0 Å². The Morgan fingerprint density at radius 3 is 2.41 bits per heavy atom. The van der Waals surface area contributed by atoms with E-state index < -0.39 is 0 Å². The predicted octanol–water partition coefficient (Wildman–Crippen LogP) is 2.87. The monoisotopic (exact) mass is 394 g/mol. The van der Waals surface area contributed by atoms with Gasteiger partial charge in [0.2, 0.25) is 0 Å². The van der Waals surface area contributed by atoms with Gasteiger partial charge in [-0.1, -0.05) is 30.3 Å². The van der Waals surface area contributed by atoms with E-state index in [2.05, 4.69) is 0 Å². The molecule has 2 amide bonds. The molecule has 6 nitrogen and oxygen atoms in total. The van der Waals surface area contributed by atoms with Crippen molar-refractivity contribution in [3.05, 3.63) is 65.7 Å². The van der Waals surface area contributed by atoms with Crippen LogP contribution < -0.4 is 4.90 Å². The van der Waals surface area contributed by atoms with Gasteiger partial charge in [0.15, 0.2) is 0 Å². The van der Waals surface area contributed by atoms with Crippen LogP contribution in [0, 0.1) is 0 Å². The third-order valence-corrected chi connectivity index (χ3v) is 5.79. The van der Waals surface area contributed by atoms with Gasteiger partial charge in [-0.15, -0.1) is 0 Å². The molecule has 0 N–H and O–H groups in total. The lowest BCUT2D eigenvalue weighted by molar-refractivity contribution is -0.143. The molecule has 2 aliphatic heterocycles. The first-order valence-electron chi connectivity index (χ1n) is 9.97. The van der Waals surface area contributed by atoms with E-state index in [0.29, 0.717) is 31.8 Å². The Bertz CT molecular complexity index is 858. The van der Waals surface area contributed by atoms with Crippen molar-refractivity contribution >= 4 is 17.5 Å². The fraction of sp³-hybridized carbons (Fsp3) is 0.391. The van der Waals surface area contributed by atoms with E-state index in [1.165, 1.54) is 0 Å². The van der Waals surface area contributed by atoms with E-state index in [9.17, 15) is 9.59 Å². The summed E-state index contributed by atoms with van der Waals surface area (Å²) in [6.07, 6.45) is 1.44. The first-order chi connectivity index (χ1) is 14.1. The van der Waals surface area contributed by atoms with Gasteiger partial charge in [-0.05, 0) is 42.7 Å². The van der Waals surface area contributed by atoms with E-state index in [-0.39, 0.29) is 24.0 Å². The molecule has 2 aliphatic rings. The van der Waals surface area contributed by atoms with Crippen molar-refractivity contribution in [3.63, 3.8) is 0 Å². The van der Waals surface area contributed by atoms with Gasteiger partial charge in [0.25, 0.3) is 11.8 Å². The summed E-state index contributed by atoms with van der Waals surface area (Å²) in [5.74, 6) is 0.0205. The number of hydrogen-bond acceptors (Lipinski definition) is 4. The molecule has 0 radical (unpaired) electrons. The maximum absolute atomic E-state index is 12.9. The molecule has 0 aliphatic carbocycles. The fourth-order valence-electron chi connectivity index (χ4n) is 4.07. The Kier molecular flexibility index (Phi) is 5.65. The van der Waals surface area contributed by atoms with Crippen molar-refractivity contribution in [1.82, 2.24) is 4.90 Å². The van der Waals surface area contributed by atoms with Gasteiger partial charge >= 0.3 is 0 Å². The fourth-order valence-corrected chi connectivity index (χ4v) is 4.07. The summed E-state index contributed by atoms with van der Waals surface area (Å²) in [5, 5.41) is 0. The van der Waals surface area contributed by atoms with Crippen LogP contribution in [0.4, 0.5) is 5.69 Å². The molecule has 2 heterocycles. The molecule has 0 bridgehead atoms. The molecule has 2 aromatic carbocycles. The highest BCUT2D eigenvalue weighted by molar-refractivity contribution is 5.95. The van der Waals surface area contributed by atoms with Crippen LogP contribution in [0.1, 0.15) is 28.8 Å².